The standard InChI is InChI=1S/C46H71N5O11/c1-31(2)18-19-38-45(5,62-38)42-41(58-6)37(20-21-46(42)30-60-46)61-40(55)26-34(32(3)4)29-59-44(57)48-22-14-9-7-8-13-17-35(53)27-50-51-36(25-33-15-11-10-12-16-33)43(56)49-28-39(54)47-23-24-52/h10-12,15-16,18,24,32,34,36-38,41-42,50-51H,7-9,13-14,17,19-23,25-30H2,1-6H3,(H,47,54)(H,48,57)(H,49,56)/t34-,36-,37?,38+,41?,42?,45?,46-/m0/s1. The van der Waals surface area contributed by atoms with Gasteiger partial charge in [-0.1, -0.05) is 75.1 Å². The van der Waals surface area contributed by atoms with Crippen LogP contribution < -0.4 is 26.8 Å². The van der Waals surface area contributed by atoms with E-state index < -0.39 is 35.7 Å². The minimum Gasteiger partial charge on any atom is -0.460 e. The lowest BCUT2D eigenvalue weighted by Crippen LogP contribution is -2.55. The number of unbranched alkanes of at least 4 members (excludes halogenated alkanes) is 4. The van der Waals surface area contributed by atoms with Crippen LogP contribution in [0.15, 0.2) is 42.0 Å². The molecular weight excluding hydrogens is 799 g/mol. The number of nitrogens with one attached hydrogen (secondary N) is 5. The summed E-state index contributed by atoms with van der Waals surface area (Å²) in [7, 11) is 1.66. The van der Waals surface area contributed by atoms with Gasteiger partial charge in [0.05, 0.1) is 51.3 Å². The molecule has 4 rings (SSSR count). The SMILES string of the molecule is COC1C(OC(=O)C[C@@H](COC(=O)NCCCCCCCC(=O)CNN[C@@H](Cc2ccccc2)C(=O)NCC(=O)NCC=O)C(C)C)CC[C@]2(CO2)C1C1(C)O[C@@H]1CC=C(C)C. The fraction of sp³-hybridized carbons (Fsp3) is 0.696. The predicted octanol–water partition coefficient (Wildman–Crippen LogP) is 4.04. The zero-order chi connectivity index (χ0) is 45.1. The van der Waals surface area contributed by atoms with E-state index in [9.17, 15) is 28.8 Å². The Labute approximate surface area is 367 Å². The Morgan fingerprint density at radius 1 is 0.968 bits per heavy atom. The number of allylic oxidation sites excluding steroid dienone is 1. The first-order valence-corrected chi connectivity index (χ1v) is 22.3. The van der Waals surface area contributed by atoms with E-state index >= 15 is 0 Å². The van der Waals surface area contributed by atoms with Gasteiger partial charge in [0.2, 0.25) is 11.8 Å². The number of Topliss-reactive ketones (excluding diaryl/α,β-unsaturated/α-hetero) is 1. The van der Waals surface area contributed by atoms with Gasteiger partial charge in [-0.2, -0.15) is 0 Å². The number of esters is 1. The van der Waals surface area contributed by atoms with Crippen molar-refractivity contribution in [3.63, 3.8) is 0 Å². The highest BCUT2D eigenvalue weighted by Gasteiger charge is 2.72. The van der Waals surface area contributed by atoms with E-state index in [-0.39, 0.29) is 80.0 Å². The molecule has 1 saturated carbocycles. The summed E-state index contributed by atoms with van der Waals surface area (Å²) < 4.78 is 30.0. The van der Waals surface area contributed by atoms with Gasteiger partial charge in [0.15, 0.2) is 0 Å². The quantitative estimate of drug-likeness (QED) is 0.0192. The Morgan fingerprint density at radius 2 is 1.69 bits per heavy atom. The second kappa shape index (κ2) is 25.2. The van der Waals surface area contributed by atoms with Crippen molar-refractivity contribution >= 4 is 35.9 Å². The molecule has 0 bridgehead atoms. The van der Waals surface area contributed by atoms with Crippen LogP contribution >= 0.6 is 0 Å². The second-order valence-corrected chi connectivity index (χ2v) is 17.6. The number of ether oxygens (including phenoxy) is 5. The van der Waals surface area contributed by atoms with Gasteiger partial charge in [-0.15, -0.1) is 0 Å². The van der Waals surface area contributed by atoms with Gasteiger partial charge >= 0.3 is 12.1 Å². The van der Waals surface area contributed by atoms with Gasteiger partial charge in [0.25, 0.3) is 0 Å². The van der Waals surface area contributed by atoms with Crippen molar-refractivity contribution in [3.05, 3.63) is 47.5 Å². The molecule has 8 atom stereocenters. The molecule has 2 saturated heterocycles. The van der Waals surface area contributed by atoms with Crippen LogP contribution in [-0.2, 0) is 54.1 Å². The van der Waals surface area contributed by atoms with E-state index in [0.717, 1.165) is 44.1 Å². The Balaban J connectivity index is 1.07. The van der Waals surface area contributed by atoms with Crippen molar-refractivity contribution in [2.24, 2.45) is 17.8 Å². The number of methoxy groups -OCH3 is 1. The van der Waals surface area contributed by atoms with Crippen LogP contribution in [0.1, 0.15) is 104 Å². The van der Waals surface area contributed by atoms with Crippen LogP contribution in [0.2, 0.25) is 0 Å². The largest absolute Gasteiger partial charge is 0.460 e. The lowest BCUT2D eigenvalue weighted by atomic mass is 9.68. The molecule has 2 aliphatic heterocycles. The van der Waals surface area contributed by atoms with E-state index in [1.165, 1.54) is 5.57 Å². The third-order valence-corrected chi connectivity index (χ3v) is 12.2. The molecule has 4 unspecified atom stereocenters. The maximum atomic E-state index is 13.3. The van der Waals surface area contributed by atoms with Crippen molar-refractivity contribution < 1.29 is 52.5 Å². The number of rotatable bonds is 29. The third kappa shape index (κ3) is 16.2. The summed E-state index contributed by atoms with van der Waals surface area (Å²) in [5, 5.41) is 7.73. The number of amides is 3. The van der Waals surface area contributed by atoms with Gasteiger partial charge in [0, 0.05) is 26.0 Å². The molecule has 1 aromatic carbocycles. The molecule has 0 aromatic heterocycles. The number of alkyl carbamates (subject to hydrolysis) is 1. The molecule has 62 heavy (non-hydrogen) atoms. The topological polar surface area (TPSA) is 215 Å². The van der Waals surface area contributed by atoms with E-state index in [1.807, 2.05) is 44.2 Å². The number of benzene rings is 1. The summed E-state index contributed by atoms with van der Waals surface area (Å²) in [5.41, 5.74) is 7.20. The molecule has 3 fully saturated rings. The summed E-state index contributed by atoms with van der Waals surface area (Å²) in [5.74, 6) is -1.45. The molecule has 0 radical (unpaired) electrons. The smallest absolute Gasteiger partial charge is 0.407 e. The molecule has 5 N–H and O–H groups in total. The predicted molar refractivity (Wildman–Crippen MR) is 232 cm³/mol. The first kappa shape index (κ1) is 50.4. The number of aldehydes is 1. The molecule has 346 valence electrons. The molecule has 2 heterocycles. The molecule has 16 heteroatoms. The summed E-state index contributed by atoms with van der Waals surface area (Å²) in [4.78, 5) is 73.5. The summed E-state index contributed by atoms with van der Waals surface area (Å²) >= 11 is 0. The van der Waals surface area contributed by atoms with Crippen LogP contribution in [0.3, 0.4) is 0 Å². The number of hydrazine groups is 1. The number of epoxide rings is 2. The lowest BCUT2D eigenvalue weighted by Gasteiger charge is -2.42. The Kier molecular flexibility index (Phi) is 20.5. The second-order valence-electron chi connectivity index (χ2n) is 17.6. The van der Waals surface area contributed by atoms with Crippen LogP contribution in [-0.4, -0.2) is 118 Å². The fourth-order valence-corrected chi connectivity index (χ4v) is 8.32. The number of ketones is 1. The van der Waals surface area contributed by atoms with Crippen LogP contribution in [0.4, 0.5) is 4.79 Å². The van der Waals surface area contributed by atoms with Gasteiger partial charge in [-0.3, -0.25) is 19.2 Å². The number of hydrogen-bond acceptors (Lipinski definition) is 13. The number of carbonyl (C=O) groups excluding carboxylic acids is 6. The van der Waals surface area contributed by atoms with Gasteiger partial charge in [-0.25, -0.2) is 15.6 Å². The summed E-state index contributed by atoms with van der Waals surface area (Å²) in [6.07, 6.45) is 8.66. The number of carbonyl (C=O) groups is 6. The third-order valence-electron chi connectivity index (χ3n) is 12.2. The average Bonchev–Trinajstić information content (AvgIpc) is 4.17. The Morgan fingerprint density at radius 3 is 2.37 bits per heavy atom. The van der Waals surface area contributed by atoms with Gasteiger partial charge < -0.3 is 44.4 Å². The van der Waals surface area contributed by atoms with E-state index in [2.05, 4.69) is 53.6 Å². The van der Waals surface area contributed by atoms with Crippen molar-refractivity contribution in [2.75, 3.05) is 46.5 Å². The molecule has 1 aliphatic carbocycles. The first-order valence-electron chi connectivity index (χ1n) is 22.3. The normalized spacial score (nSPS) is 24.6. The van der Waals surface area contributed by atoms with E-state index in [0.29, 0.717) is 45.1 Å². The minimum atomic E-state index is -0.746. The van der Waals surface area contributed by atoms with E-state index in [1.54, 1.807) is 7.11 Å². The van der Waals surface area contributed by atoms with E-state index in [4.69, 9.17) is 23.7 Å². The molecule has 1 aromatic rings. The first-order chi connectivity index (χ1) is 29.7. The van der Waals surface area contributed by atoms with Gasteiger partial charge in [-0.05, 0) is 70.8 Å². The highest BCUT2D eigenvalue weighted by atomic mass is 16.6. The van der Waals surface area contributed by atoms with Crippen LogP contribution in [0, 0.1) is 17.8 Å². The van der Waals surface area contributed by atoms with Crippen molar-refractivity contribution in [1.82, 2.24) is 26.8 Å². The maximum Gasteiger partial charge on any atom is 0.407 e. The molecule has 1 spiro atoms. The Bertz CT molecular complexity index is 1650. The molecular formula is C46H71N5O11. The summed E-state index contributed by atoms with van der Waals surface area (Å²) in [6.45, 7) is 11.1. The molecule has 16 nitrogen and oxygen atoms in total. The zero-order valence-electron chi connectivity index (χ0n) is 37.6. The van der Waals surface area contributed by atoms with Crippen LogP contribution in [0.25, 0.3) is 0 Å². The fourth-order valence-electron chi connectivity index (χ4n) is 8.32. The highest BCUT2D eigenvalue weighted by Crippen LogP contribution is 2.59. The lowest BCUT2D eigenvalue weighted by molar-refractivity contribution is -0.173. The summed E-state index contributed by atoms with van der Waals surface area (Å²) in [6, 6.07) is 8.61. The van der Waals surface area contributed by atoms with Crippen molar-refractivity contribution in [1.29, 1.82) is 0 Å². The highest BCUT2D eigenvalue weighted by molar-refractivity contribution is 5.88. The maximum absolute atomic E-state index is 13.3. The van der Waals surface area contributed by atoms with Crippen LogP contribution in [0.5, 0.6) is 0 Å². The zero-order valence-corrected chi connectivity index (χ0v) is 37.6. The Hall–Kier alpha value is -4.22. The number of hydrogen-bond donors (Lipinski definition) is 5. The molecule has 3 amide bonds. The van der Waals surface area contributed by atoms with Crippen molar-refractivity contribution in [3.8, 4) is 0 Å². The monoisotopic (exact) mass is 870 g/mol. The van der Waals surface area contributed by atoms with Crippen molar-refractivity contribution in [2.45, 2.75) is 141 Å². The minimum absolute atomic E-state index is 0.00703. The van der Waals surface area contributed by atoms with Gasteiger partial charge in [0.1, 0.15) is 41.5 Å². The molecule has 3 aliphatic rings. The average molecular weight is 870 g/mol.